The van der Waals surface area contributed by atoms with Gasteiger partial charge < -0.3 is 10.2 Å². The zero-order valence-corrected chi connectivity index (χ0v) is 15.4. The molecule has 2 rings (SSSR count). The van der Waals surface area contributed by atoms with E-state index >= 15 is 0 Å². The fourth-order valence-electron chi connectivity index (χ4n) is 3.58. The van der Waals surface area contributed by atoms with E-state index in [9.17, 15) is 13.2 Å². The second kappa shape index (κ2) is 7.97. The largest absolute Gasteiger partial charge is 0.342 e. The predicted molar refractivity (Wildman–Crippen MR) is 91.1 cm³/mol. The van der Waals surface area contributed by atoms with Gasteiger partial charge in [0.05, 0.1) is 5.75 Å². The molecule has 3 unspecified atom stereocenters. The third-order valence-corrected chi connectivity index (χ3v) is 6.89. The first kappa shape index (κ1) is 19.7. The minimum Gasteiger partial charge on any atom is -0.342 e. The van der Waals surface area contributed by atoms with Crippen LogP contribution in [0.4, 0.5) is 0 Å². The highest BCUT2D eigenvalue weighted by Gasteiger charge is 2.35. The number of hydrogen-bond acceptors (Lipinski definition) is 4. The van der Waals surface area contributed by atoms with Crippen LogP contribution in [0.5, 0.6) is 0 Å². The topological polar surface area (TPSA) is 66.5 Å². The Balaban J connectivity index is 0.00000242. The molecule has 0 aromatic heterocycles. The van der Waals surface area contributed by atoms with Gasteiger partial charge in [-0.05, 0) is 38.5 Å². The van der Waals surface area contributed by atoms with Crippen LogP contribution in [0.15, 0.2) is 0 Å². The van der Waals surface area contributed by atoms with Crippen molar-refractivity contribution in [3.05, 3.63) is 0 Å². The summed E-state index contributed by atoms with van der Waals surface area (Å²) in [5.41, 5.74) is 0. The number of nitrogens with zero attached hydrogens (tertiary/aromatic N) is 1. The molecule has 2 aliphatic heterocycles. The van der Waals surface area contributed by atoms with Crippen molar-refractivity contribution in [1.82, 2.24) is 10.2 Å². The van der Waals surface area contributed by atoms with Crippen LogP contribution in [-0.4, -0.2) is 55.9 Å². The highest BCUT2D eigenvalue weighted by Crippen LogP contribution is 2.33. The van der Waals surface area contributed by atoms with Crippen LogP contribution in [0.1, 0.15) is 46.0 Å². The van der Waals surface area contributed by atoms with Crippen molar-refractivity contribution < 1.29 is 13.2 Å². The van der Waals surface area contributed by atoms with Gasteiger partial charge in [-0.2, -0.15) is 0 Å². The molecule has 2 fully saturated rings. The molecule has 0 aromatic carbocycles. The molecule has 0 spiro atoms. The van der Waals surface area contributed by atoms with Crippen molar-refractivity contribution in [1.29, 1.82) is 0 Å². The summed E-state index contributed by atoms with van der Waals surface area (Å²) in [6, 6.07) is 0.926. The van der Waals surface area contributed by atoms with Gasteiger partial charge in [-0.15, -0.1) is 12.4 Å². The Labute approximate surface area is 140 Å². The molecular formula is C15H29ClN2O3S. The Morgan fingerprint density at radius 1 is 1.27 bits per heavy atom. The Morgan fingerprint density at radius 3 is 2.32 bits per heavy atom. The fourth-order valence-corrected chi connectivity index (χ4v) is 4.77. The second-order valence-corrected chi connectivity index (χ2v) is 9.13. The van der Waals surface area contributed by atoms with Crippen LogP contribution in [0.3, 0.4) is 0 Å². The molecule has 5 nitrogen and oxygen atoms in total. The first-order chi connectivity index (χ1) is 9.80. The van der Waals surface area contributed by atoms with E-state index in [0.29, 0.717) is 24.4 Å². The van der Waals surface area contributed by atoms with Crippen LogP contribution >= 0.6 is 12.4 Å². The Hall–Kier alpha value is -0.330. The monoisotopic (exact) mass is 352 g/mol. The number of nitrogens with one attached hydrogen (secondary N) is 1. The maximum atomic E-state index is 12.4. The third-order valence-electron chi connectivity index (χ3n) is 5.02. The molecule has 0 aromatic rings. The smallest absolute Gasteiger partial charge is 0.222 e. The first-order valence-corrected chi connectivity index (χ1v) is 9.85. The number of sulfone groups is 1. The molecule has 3 atom stereocenters. The van der Waals surface area contributed by atoms with E-state index in [4.69, 9.17) is 0 Å². The number of fused-ring (bicyclic) bond motifs is 2. The molecule has 0 aliphatic carbocycles. The van der Waals surface area contributed by atoms with E-state index < -0.39 is 9.84 Å². The molecule has 130 valence electrons. The molecule has 2 bridgehead atoms. The van der Waals surface area contributed by atoms with Gasteiger partial charge >= 0.3 is 0 Å². The minimum absolute atomic E-state index is 0. The number of hydrogen-bond donors (Lipinski definition) is 1. The quantitative estimate of drug-likeness (QED) is 0.788. The SMILES string of the molecule is CCS(=O)(=O)CC(C)N(C)C(=O)CC1CC2CCC(C1)N2.Cl. The van der Waals surface area contributed by atoms with Gasteiger partial charge in [0, 0.05) is 37.3 Å². The normalized spacial score (nSPS) is 28.8. The molecule has 0 radical (unpaired) electrons. The van der Waals surface area contributed by atoms with Crippen molar-refractivity contribution in [2.24, 2.45) is 5.92 Å². The summed E-state index contributed by atoms with van der Waals surface area (Å²) in [6.07, 6.45) is 5.18. The lowest BCUT2D eigenvalue weighted by Crippen LogP contribution is -2.43. The van der Waals surface area contributed by atoms with E-state index in [1.165, 1.54) is 12.8 Å². The van der Waals surface area contributed by atoms with E-state index in [0.717, 1.165) is 12.8 Å². The summed E-state index contributed by atoms with van der Waals surface area (Å²) in [6.45, 7) is 3.46. The van der Waals surface area contributed by atoms with Gasteiger partial charge in [0.1, 0.15) is 0 Å². The van der Waals surface area contributed by atoms with Crippen molar-refractivity contribution in [2.75, 3.05) is 18.6 Å². The highest BCUT2D eigenvalue weighted by atomic mass is 35.5. The molecular weight excluding hydrogens is 324 g/mol. The zero-order chi connectivity index (χ0) is 15.6. The van der Waals surface area contributed by atoms with Crippen LogP contribution < -0.4 is 5.32 Å². The van der Waals surface area contributed by atoms with Gasteiger partial charge in [-0.3, -0.25) is 4.79 Å². The molecule has 2 aliphatic rings. The second-order valence-electron chi connectivity index (χ2n) is 6.73. The minimum atomic E-state index is -3.04. The summed E-state index contributed by atoms with van der Waals surface area (Å²) < 4.78 is 23.3. The maximum absolute atomic E-state index is 12.4. The Morgan fingerprint density at radius 2 is 1.82 bits per heavy atom. The summed E-state index contributed by atoms with van der Waals surface area (Å²) in [5.74, 6) is 0.731. The Kier molecular flexibility index (Phi) is 7.15. The standard InChI is InChI=1S/C15H28N2O3S.ClH/c1-4-21(19,20)10-11(2)17(3)15(18)9-12-7-13-5-6-14(8-12)16-13;/h11-14,16H,4-10H2,1-3H3;1H. The number of amides is 1. The van der Waals surface area contributed by atoms with Crippen LogP contribution in [0.2, 0.25) is 0 Å². The van der Waals surface area contributed by atoms with Crippen molar-refractivity contribution in [3.8, 4) is 0 Å². The van der Waals surface area contributed by atoms with Crippen molar-refractivity contribution >= 4 is 28.2 Å². The van der Waals surface area contributed by atoms with Crippen LogP contribution in [0, 0.1) is 5.92 Å². The van der Waals surface area contributed by atoms with E-state index in [-0.39, 0.29) is 35.9 Å². The summed E-state index contributed by atoms with van der Waals surface area (Å²) in [5, 5.41) is 3.58. The fraction of sp³-hybridized carbons (Fsp3) is 0.933. The molecule has 22 heavy (non-hydrogen) atoms. The zero-order valence-electron chi connectivity index (χ0n) is 13.7. The average molecular weight is 353 g/mol. The first-order valence-electron chi connectivity index (χ1n) is 8.03. The van der Waals surface area contributed by atoms with E-state index in [2.05, 4.69) is 5.32 Å². The summed E-state index contributed by atoms with van der Waals surface area (Å²) in [7, 11) is -1.31. The molecule has 1 amide bonds. The van der Waals surface area contributed by atoms with Gasteiger partial charge in [-0.25, -0.2) is 8.42 Å². The lowest BCUT2D eigenvalue weighted by molar-refractivity contribution is -0.132. The van der Waals surface area contributed by atoms with Crippen LogP contribution in [0.25, 0.3) is 0 Å². The van der Waals surface area contributed by atoms with Crippen molar-refractivity contribution in [3.63, 3.8) is 0 Å². The number of carbonyl (C=O) groups is 1. The predicted octanol–water partition coefficient (Wildman–Crippen LogP) is 1.61. The highest BCUT2D eigenvalue weighted by molar-refractivity contribution is 7.91. The molecule has 1 N–H and O–H groups in total. The number of piperidine rings is 1. The van der Waals surface area contributed by atoms with Gasteiger partial charge in [-0.1, -0.05) is 6.92 Å². The number of carbonyl (C=O) groups excluding carboxylic acids is 1. The lowest BCUT2D eigenvalue weighted by atomic mass is 9.89. The van der Waals surface area contributed by atoms with E-state index in [1.807, 2.05) is 6.92 Å². The van der Waals surface area contributed by atoms with Crippen LogP contribution in [-0.2, 0) is 14.6 Å². The summed E-state index contributed by atoms with van der Waals surface area (Å²) >= 11 is 0. The maximum Gasteiger partial charge on any atom is 0.222 e. The Bertz CT molecular complexity index is 471. The van der Waals surface area contributed by atoms with Gasteiger partial charge in [0.25, 0.3) is 0 Å². The molecule has 2 saturated heterocycles. The van der Waals surface area contributed by atoms with Gasteiger partial charge in [0.15, 0.2) is 9.84 Å². The third kappa shape index (κ3) is 5.10. The summed E-state index contributed by atoms with van der Waals surface area (Å²) in [4.78, 5) is 14.0. The molecule has 7 heteroatoms. The molecule has 2 heterocycles. The molecule has 0 saturated carbocycles. The van der Waals surface area contributed by atoms with E-state index in [1.54, 1.807) is 18.9 Å². The van der Waals surface area contributed by atoms with Crippen molar-refractivity contribution in [2.45, 2.75) is 64.1 Å². The number of rotatable bonds is 6. The number of halogens is 1. The van der Waals surface area contributed by atoms with Gasteiger partial charge in [0.2, 0.25) is 5.91 Å². The lowest BCUT2D eigenvalue weighted by Gasteiger charge is -2.31. The average Bonchev–Trinajstić information content (AvgIpc) is 2.76.